The third kappa shape index (κ3) is 2.90. The molecular formula is C13H14FN3O2. The van der Waals surface area contributed by atoms with Gasteiger partial charge in [0, 0.05) is 18.0 Å². The maximum Gasteiger partial charge on any atom is 0.327 e. The summed E-state index contributed by atoms with van der Waals surface area (Å²) in [6, 6.07) is 3.46. The van der Waals surface area contributed by atoms with Gasteiger partial charge in [0.1, 0.15) is 17.9 Å². The van der Waals surface area contributed by atoms with Crippen LogP contribution >= 0.6 is 0 Å². The van der Waals surface area contributed by atoms with E-state index in [4.69, 9.17) is 4.74 Å². The number of aromatic nitrogens is 2. The van der Waals surface area contributed by atoms with Crippen molar-refractivity contribution in [3.05, 3.63) is 48.3 Å². The number of methoxy groups -OCH3 is 1. The second-order valence-corrected chi connectivity index (χ2v) is 4.03. The van der Waals surface area contributed by atoms with Crippen molar-refractivity contribution < 1.29 is 13.9 Å². The van der Waals surface area contributed by atoms with Crippen LogP contribution < -0.4 is 10.1 Å². The number of halogens is 1. The first kappa shape index (κ1) is 13.1. The molecule has 0 aliphatic carbocycles. The Morgan fingerprint density at radius 3 is 2.95 bits per heavy atom. The van der Waals surface area contributed by atoms with Crippen LogP contribution in [0.4, 0.5) is 9.18 Å². The Bertz CT molecular complexity index is 569. The second kappa shape index (κ2) is 5.51. The van der Waals surface area contributed by atoms with Gasteiger partial charge in [0.2, 0.25) is 0 Å². The van der Waals surface area contributed by atoms with Gasteiger partial charge in [-0.25, -0.2) is 14.2 Å². The summed E-state index contributed by atoms with van der Waals surface area (Å²) in [5, 5.41) is 2.74. The van der Waals surface area contributed by atoms with Crippen LogP contribution in [0.2, 0.25) is 0 Å². The fourth-order valence-electron chi connectivity index (χ4n) is 1.76. The molecule has 1 heterocycles. The number of ether oxygens (including phenoxy) is 1. The normalized spacial score (nSPS) is 11.9. The van der Waals surface area contributed by atoms with Gasteiger partial charge in [0.25, 0.3) is 0 Å². The molecule has 1 amide bonds. The highest BCUT2D eigenvalue weighted by Crippen LogP contribution is 2.25. The smallest absolute Gasteiger partial charge is 0.327 e. The molecule has 0 spiro atoms. The van der Waals surface area contributed by atoms with Crippen molar-refractivity contribution in [1.82, 2.24) is 14.9 Å². The summed E-state index contributed by atoms with van der Waals surface area (Å²) in [7, 11) is 1.50. The van der Waals surface area contributed by atoms with E-state index in [9.17, 15) is 9.18 Å². The molecule has 0 saturated heterocycles. The van der Waals surface area contributed by atoms with Gasteiger partial charge < -0.3 is 10.1 Å². The molecule has 5 nitrogen and oxygen atoms in total. The number of carbonyl (C=O) groups excluding carboxylic acids is 1. The summed E-state index contributed by atoms with van der Waals surface area (Å²) >= 11 is 0. The van der Waals surface area contributed by atoms with Crippen molar-refractivity contribution in [3.63, 3.8) is 0 Å². The third-order valence-corrected chi connectivity index (χ3v) is 2.74. The Balaban J connectivity index is 2.18. The van der Waals surface area contributed by atoms with Gasteiger partial charge in [-0.2, -0.15) is 0 Å². The van der Waals surface area contributed by atoms with Crippen LogP contribution in [0.3, 0.4) is 0 Å². The zero-order chi connectivity index (χ0) is 13.8. The number of nitrogens with one attached hydrogen (secondary N) is 1. The minimum Gasteiger partial charge on any atom is -0.496 e. The molecule has 19 heavy (non-hydrogen) atoms. The number of nitrogens with zero attached hydrogens (tertiary/aromatic N) is 2. The van der Waals surface area contributed by atoms with Gasteiger partial charge in [-0.15, -0.1) is 0 Å². The van der Waals surface area contributed by atoms with E-state index in [1.807, 2.05) is 0 Å². The zero-order valence-corrected chi connectivity index (χ0v) is 10.6. The van der Waals surface area contributed by atoms with E-state index in [0.717, 1.165) is 0 Å². The van der Waals surface area contributed by atoms with E-state index in [2.05, 4.69) is 10.3 Å². The lowest BCUT2D eigenvalue weighted by Crippen LogP contribution is -2.30. The number of hydrogen-bond donors (Lipinski definition) is 1. The second-order valence-electron chi connectivity index (χ2n) is 4.03. The summed E-state index contributed by atoms with van der Waals surface area (Å²) in [4.78, 5) is 15.6. The zero-order valence-electron chi connectivity index (χ0n) is 10.6. The number of imidazole rings is 1. The van der Waals surface area contributed by atoms with Crippen molar-refractivity contribution in [3.8, 4) is 5.75 Å². The van der Waals surface area contributed by atoms with Crippen LogP contribution in [0.1, 0.15) is 18.5 Å². The van der Waals surface area contributed by atoms with E-state index in [1.54, 1.807) is 6.92 Å². The molecule has 100 valence electrons. The first-order valence-corrected chi connectivity index (χ1v) is 5.74. The van der Waals surface area contributed by atoms with Gasteiger partial charge >= 0.3 is 6.03 Å². The van der Waals surface area contributed by atoms with Gasteiger partial charge in [-0.3, -0.25) is 4.57 Å². The molecule has 1 unspecified atom stereocenters. The van der Waals surface area contributed by atoms with Crippen molar-refractivity contribution >= 4 is 6.03 Å². The van der Waals surface area contributed by atoms with Crippen LogP contribution in [0, 0.1) is 5.82 Å². The standard InChI is InChI=1S/C13H14FN3O2/c1-9(16-13(18)17-6-5-15-8-17)11-7-10(14)3-4-12(11)19-2/h3-9H,1-2H3,(H,16,18). The van der Waals surface area contributed by atoms with Crippen molar-refractivity contribution in [2.75, 3.05) is 7.11 Å². The van der Waals surface area contributed by atoms with E-state index < -0.39 is 0 Å². The quantitative estimate of drug-likeness (QED) is 0.924. The Kier molecular flexibility index (Phi) is 3.79. The van der Waals surface area contributed by atoms with E-state index in [0.29, 0.717) is 11.3 Å². The summed E-state index contributed by atoms with van der Waals surface area (Å²) in [6.07, 6.45) is 4.43. The minimum absolute atomic E-state index is 0.337. The molecule has 0 saturated carbocycles. The fourth-order valence-corrected chi connectivity index (χ4v) is 1.76. The van der Waals surface area contributed by atoms with Crippen LogP contribution in [0.15, 0.2) is 36.9 Å². The Hall–Kier alpha value is -2.37. The number of hydrogen-bond acceptors (Lipinski definition) is 3. The molecule has 0 bridgehead atoms. The van der Waals surface area contributed by atoms with E-state index in [1.165, 1.54) is 48.6 Å². The minimum atomic E-state index is -0.388. The van der Waals surface area contributed by atoms with Crippen molar-refractivity contribution in [2.24, 2.45) is 0 Å². The number of rotatable bonds is 3. The number of amides is 1. The first-order chi connectivity index (χ1) is 9.11. The number of benzene rings is 1. The Labute approximate surface area is 110 Å². The summed E-state index contributed by atoms with van der Waals surface area (Å²) in [5.74, 6) is 0.152. The average Bonchev–Trinajstić information content (AvgIpc) is 2.92. The van der Waals surface area contributed by atoms with Gasteiger partial charge in [0.15, 0.2) is 0 Å². The van der Waals surface area contributed by atoms with Crippen molar-refractivity contribution in [2.45, 2.75) is 13.0 Å². The Morgan fingerprint density at radius 1 is 1.53 bits per heavy atom. The predicted molar refractivity (Wildman–Crippen MR) is 67.5 cm³/mol. The fraction of sp³-hybridized carbons (Fsp3) is 0.231. The maximum absolute atomic E-state index is 13.3. The molecular weight excluding hydrogens is 249 g/mol. The predicted octanol–water partition coefficient (Wildman–Crippen LogP) is 2.35. The lowest BCUT2D eigenvalue weighted by molar-refractivity contribution is 0.239. The first-order valence-electron chi connectivity index (χ1n) is 5.74. The third-order valence-electron chi connectivity index (χ3n) is 2.74. The summed E-state index contributed by atoms with van der Waals surface area (Å²) in [5.41, 5.74) is 0.580. The van der Waals surface area contributed by atoms with E-state index >= 15 is 0 Å². The highest BCUT2D eigenvalue weighted by atomic mass is 19.1. The summed E-state index contributed by atoms with van der Waals surface area (Å²) in [6.45, 7) is 1.76. The van der Waals surface area contributed by atoms with Gasteiger partial charge in [-0.1, -0.05) is 0 Å². The molecule has 0 radical (unpaired) electrons. The number of carbonyl (C=O) groups is 1. The molecule has 1 aromatic carbocycles. The molecule has 6 heteroatoms. The topological polar surface area (TPSA) is 56.1 Å². The monoisotopic (exact) mass is 263 g/mol. The molecule has 2 aromatic rings. The van der Waals surface area contributed by atoms with Crippen molar-refractivity contribution in [1.29, 1.82) is 0 Å². The largest absolute Gasteiger partial charge is 0.496 e. The van der Waals surface area contributed by atoms with Crippen LogP contribution in [0.25, 0.3) is 0 Å². The van der Waals surface area contributed by atoms with Gasteiger partial charge in [-0.05, 0) is 25.1 Å². The SMILES string of the molecule is COc1ccc(F)cc1C(C)NC(=O)n1ccnc1. The van der Waals surface area contributed by atoms with E-state index in [-0.39, 0.29) is 17.9 Å². The highest BCUT2D eigenvalue weighted by Gasteiger charge is 2.15. The maximum atomic E-state index is 13.3. The Morgan fingerprint density at radius 2 is 2.32 bits per heavy atom. The van der Waals surface area contributed by atoms with Crippen LogP contribution in [0.5, 0.6) is 5.75 Å². The molecule has 0 aliphatic rings. The molecule has 1 aromatic heterocycles. The lowest BCUT2D eigenvalue weighted by Gasteiger charge is -2.17. The molecule has 2 rings (SSSR count). The molecule has 0 fully saturated rings. The average molecular weight is 263 g/mol. The summed E-state index contributed by atoms with van der Waals surface area (Å²) < 4.78 is 19.7. The van der Waals surface area contributed by atoms with Crippen LogP contribution in [-0.2, 0) is 0 Å². The molecule has 1 N–H and O–H groups in total. The lowest BCUT2D eigenvalue weighted by atomic mass is 10.1. The molecule has 0 aliphatic heterocycles. The highest BCUT2D eigenvalue weighted by molar-refractivity contribution is 5.76. The van der Waals surface area contributed by atoms with Gasteiger partial charge in [0.05, 0.1) is 13.2 Å². The molecule has 1 atom stereocenters. The van der Waals surface area contributed by atoms with Crippen LogP contribution in [-0.4, -0.2) is 22.7 Å².